The van der Waals surface area contributed by atoms with E-state index in [1.54, 1.807) is 31.8 Å². The molecule has 8 heteroatoms. The molecule has 39 heavy (non-hydrogen) atoms. The van der Waals surface area contributed by atoms with Crippen molar-refractivity contribution < 1.29 is 9.53 Å². The van der Waals surface area contributed by atoms with E-state index in [9.17, 15) is 4.79 Å². The molecule has 1 aliphatic rings. The van der Waals surface area contributed by atoms with Gasteiger partial charge in [-0.15, -0.1) is 0 Å². The number of ether oxygens (including phenoxy) is 1. The Labute approximate surface area is 226 Å². The van der Waals surface area contributed by atoms with Crippen LogP contribution in [0, 0.1) is 11.3 Å². The first-order chi connectivity index (χ1) is 19.1. The van der Waals surface area contributed by atoms with Crippen molar-refractivity contribution in [2.75, 3.05) is 12.0 Å². The van der Waals surface area contributed by atoms with E-state index >= 15 is 0 Å². The van der Waals surface area contributed by atoms with Crippen molar-refractivity contribution >= 4 is 11.6 Å². The minimum Gasteiger partial charge on any atom is -0.496 e. The lowest BCUT2D eigenvalue weighted by Crippen LogP contribution is -2.32. The second-order valence-electron chi connectivity index (χ2n) is 9.48. The van der Waals surface area contributed by atoms with Crippen LogP contribution in [0.15, 0.2) is 91.5 Å². The van der Waals surface area contributed by atoms with E-state index in [1.165, 1.54) is 0 Å². The first kappa shape index (κ1) is 24.2. The summed E-state index contributed by atoms with van der Waals surface area (Å²) in [4.78, 5) is 24.9. The number of nitriles is 1. The fraction of sp³-hybridized carbons (Fsp3) is 0.161. The Bertz CT molecular complexity index is 1690. The Hall–Kier alpha value is -5.16. The molecular formula is C31H26N6O2. The number of para-hydroxylation sites is 2. The normalized spacial score (nSPS) is 12.3. The highest BCUT2D eigenvalue weighted by atomic mass is 16.5. The molecule has 1 amide bonds. The average molecular weight is 515 g/mol. The molecule has 0 fully saturated rings. The summed E-state index contributed by atoms with van der Waals surface area (Å²) in [5, 5.41) is 9.07. The molecule has 3 heterocycles. The molecule has 8 nitrogen and oxygen atoms in total. The second-order valence-corrected chi connectivity index (χ2v) is 9.48. The van der Waals surface area contributed by atoms with Gasteiger partial charge in [0.1, 0.15) is 11.6 Å². The number of imidazole rings is 2. The molecular weight excluding hydrogens is 488 g/mol. The van der Waals surface area contributed by atoms with Gasteiger partial charge in [0.05, 0.1) is 50.3 Å². The highest BCUT2D eigenvalue weighted by molar-refractivity contribution is 5.95. The van der Waals surface area contributed by atoms with Crippen molar-refractivity contribution in [3.63, 3.8) is 0 Å². The summed E-state index contributed by atoms with van der Waals surface area (Å²) in [5.41, 5.74) is 6.15. The number of methoxy groups -OCH3 is 1. The molecule has 0 atom stereocenters. The largest absolute Gasteiger partial charge is 0.496 e. The van der Waals surface area contributed by atoms with Gasteiger partial charge in [-0.2, -0.15) is 5.26 Å². The van der Waals surface area contributed by atoms with Crippen molar-refractivity contribution in [1.82, 2.24) is 19.1 Å². The van der Waals surface area contributed by atoms with Crippen LogP contribution in [0.3, 0.4) is 0 Å². The number of anilines is 1. The molecule has 0 bridgehead atoms. The number of carbonyl (C=O) groups excluding carboxylic acids is 1. The number of carbonyl (C=O) groups is 1. The molecule has 0 N–H and O–H groups in total. The number of hydrogen-bond acceptors (Lipinski definition) is 5. The van der Waals surface area contributed by atoms with Gasteiger partial charge in [0, 0.05) is 35.9 Å². The minimum atomic E-state index is -0.0284. The summed E-state index contributed by atoms with van der Waals surface area (Å²) < 4.78 is 9.65. The van der Waals surface area contributed by atoms with E-state index in [0.717, 1.165) is 45.3 Å². The van der Waals surface area contributed by atoms with Gasteiger partial charge in [-0.05, 0) is 41.5 Å². The summed E-state index contributed by atoms with van der Waals surface area (Å²) in [6.07, 6.45) is 5.71. The summed E-state index contributed by atoms with van der Waals surface area (Å²) >= 11 is 0. The highest BCUT2D eigenvalue weighted by Crippen LogP contribution is 2.33. The number of benzene rings is 3. The number of rotatable bonds is 6. The molecule has 0 saturated carbocycles. The fourth-order valence-corrected chi connectivity index (χ4v) is 5.01. The van der Waals surface area contributed by atoms with Gasteiger partial charge < -0.3 is 18.8 Å². The van der Waals surface area contributed by atoms with Gasteiger partial charge in [0.15, 0.2) is 0 Å². The van der Waals surface area contributed by atoms with Gasteiger partial charge >= 0.3 is 0 Å². The highest BCUT2D eigenvalue weighted by Gasteiger charge is 2.26. The molecule has 0 spiro atoms. The van der Waals surface area contributed by atoms with Crippen LogP contribution in [0.5, 0.6) is 5.75 Å². The van der Waals surface area contributed by atoms with Crippen molar-refractivity contribution in [2.45, 2.75) is 26.1 Å². The standard InChI is InChI=1S/C31H26N6O2/c1-39-29-9-5-3-7-26(29)27-19-35-18-24-6-2-4-8-28(24)37(20-30(35)34-27)31(38)14-25-16-33-21-36(25)17-23-12-10-22(15-32)11-13-23/h2-13,16,19,21H,14,17-18,20H2,1H3. The lowest BCUT2D eigenvalue weighted by Gasteiger charge is -2.22. The van der Waals surface area contributed by atoms with Gasteiger partial charge in [-0.3, -0.25) is 4.79 Å². The lowest BCUT2D eigenvalue weighted by molar-refractivity contribution is -0.118. The molecule has 3 aromatic carbocycles. The van der Waals surface area contributed by atoms with E-state index in [2.05, 4.69) is 21.7 Å². The molecule has 0 unspecified atom stereocenters. The molecule has 2 aromatic heterocycles. The van der Waals surface area contributed by atoms with Crippen LogP contribution in [-0.2, 0) is 30.8 Å². The Morgan fingerprint density at radius 1 is 1.03 bits per heavy atom. The average Bonchev–Trinajstić information content (AvgIpc) is 3.54. The number of amides is 1. The van der Waals surface area contributed by atoms with Gasteiger partial charge in [0.25, 0.3) is 0 Å². The maximum Gasteiger partial charge on any atom is 0.233 e. The predicted molar refractivity (Wildman–Crippen MR) is 147 cm³/mol. The molecule has 0 radical (unpaired) electrons. The molecule has 5 aromatic rings. The zero-order valence-corrected chi connectivity index (χ0v) is 21.5. The Balaban J connectivity index is 1.29. The number of nitrogens with zero attached hydrogens (tertiary/aromatic N) is 6. The van der Waals surface area contributed by atoms with Crippen LogP contribution >= 0.6 is 0 Å². The van der Waals surface area contributed by atoms with Crippen LogP contribution in [0.25, 0.3) is 11.3 Å². The molecule has 1 aliphatic heterocycles. The Morgan fingerprint density at radius 3 is 2.64 bits per heavy atom. The topological polar surface area (TPSA) is 89.0 Å². The zero-order chi connectivity index (χ0) is 26.8. The van der Waals surface area contributed by atoms with E-state index < -0.39 is 0 Å². The second kappa shape index (κ2) is 10.3. The van der Waals surface area contributed by atoms with E-state index in [-0.39, 0.29) is 12.3 Å². The third-order valence-corrected chi connectivity index (χ3v) is 7.03. The molecule has 192 valence electrons. The van der Waals surface area contributed by atoms with Gasteiger partial charge in [-0.25, -0.2) is 9.97 Å². The van der Waals surface area contributed by atoms with E-state index in [1.807, 2.05) is 70.3 Å². The van der Waals surface area contributed by atoms with Gasteiger partial charge in [0.2, 0.25) is 5.91 Å². The number of aromatic nitrogens is 4. The SMILES string of the molecule is COc1ccccc1-c1cn2c(n1)CN(C(=O)Cc1cncn1Cc1ccc(C#N)cc1)c1ccccc1C2. The van der Waals surface area contributed by atoms with Crippen LogP contribution in [0.4, 0.5) is 5.69 Å². The minimum absolute atomic E-state index is 0.0284. The summed E-state index contributed by atoms with van der Waals surface area (Å²) in [7, 11) is 1.66. The van der Waals surface area contributed by atoms with Crippen molar-refractivity contribution in [2.24, 2.45) is 0 Å². The number of fused-ring (bicyclic) bond motifs is 2. The van der Waals surface area contributed by atoms with E-state index in [0.29, 0.717) is 25.2 Å². The summed E-state index contributed by atoms with van der Waals surface area (Å²) in [5.74, 6) is 1.54. The predicted octanol–water partition coefficient (Wildman–Crippen LogP) is 4.81. The summed E-state index contributed by atoms with van der Waals surface area (Å²) in [6.45, 7) is 1.54. The first-order valence-electron chi connectivity index (χ1n) is 12.7. The summed E-state index contributed by atoms with van der Waals surface area (Å²) in [6, 6.07) is 25.4. The number of hydrogen-bond donors (Lipinski definition) is 0. The van der Waals surface area contributed by atoms with Crippen LogP contribution in [-0.4, -0.2) is 32.1 Å². The van der Waals surface area contributed by atoms with Crippen molar-refractivity contribution in [1.29, 1.82) is 5.26 Å². The quantitative estimate of drug-likeness (QED) is 0.324. The van der Waals surface area contributed by atoms with Crippen LogP contribution in [0.2, 0.25) is 0 Å². The zero-order valence-electron chi connectivity index (χ0n) is 21.5. The first-order valence-corrected chi connectivity index (χ1v) is 12.7. The Morgan fingerprint density at radius 2 is 1.82 bits per heavy atom. The van der Waals surface area contributed by atoms with Crippen molar-refractivity contribution in [3.8, 4) is 23.1 Å². The third kappa shape index (κ3) is 4.78. The maximum atomic E-state index is 13.8. The molecule has 0 saturated heterocycles. The Kier molecular flexibility index (Phi) is 6.39. The molecule has 0 aliphatic carbocycles. The lowest BCUT2D eigenvalue weighted by atomic mass is 10.1. The van der Waals surface area contributed by atoms with Crippen molar-refractivity contribution in [3.05, 3.63) is 120 Å². The fourth-order valence-electron chi connectivity index (χ4n) is 5.01. The van der Waals surface area contributed by atoms with Gasteiger partial charge in [-0.1, -0.05) is 42.5 Å². The molecule has 6 rings (SSSR count). The van der Waals surface area contributed by atoms with Crippen LogP contribution in [0.1, 0.15) is 28.2 Å². The third-order valence-electron chi connectivity index (χ3n) is 7.03. The monoisotopic (exact) mass is 514 g/mol. The maximum absolute atomic E-state index is 13.8. The smallest absolute Gasteiger partial charge is 0.233 e. The van der Waals surface area contributed by atoms with E-state index in [4.69, 9.17) is 15.0 Å². The van der Waals surface area contributed by atoms with Crippen LogP contribution < -0.4 is 9.64 Å².